The molecule has 0 radical (unpaired) electrons. The first-order valence-electron chi connectivity index (χ1n) is 7.72. The summed E-state index contributed by atoms with van der Waals surface area (Å²) in [5, 5.41) is 0.452. The fourth-order valence-electron chi connectivity index (χ4n) is 2.56. The second-order valence-corrected chi connectivity index (χ2v) is 6.13. The van der Waals surface area contributed by atoms with Crippen molar-refractivity contribution in [3.8, 4) is 11.6 Å². The molecular formula is C19H18ClNO2. The summed E-state index contributed by atoms with van der Waals surface area (Å²) < 4.78 is 5.78. The van der Waals surface area contributed by atoms with E-state index in [0.717, 1.165) is 29.7 Å². The normalized spacial score (nSPS) is 14.7. The van der Waals surface area contributed by atoms with E-state index in [-0.39, 0.29) is 0 Å². The van der Waals surface area contributed by atoms with Gasteiger partial charge in [-0.05, 0) is 43.0 Å². The Balaban J connectivity index is 1.75. The Morgan fingerprint density at radius 1 is 1.13 bits per heavy atom. The van der Waals surface area contributed by atoms with E-state index < -0.39 is 0 Å². The number of hydrogen-bond donors (Lipinski definition) is 0. The second kappa shape index (κ2) is 6.97. The van der Waals surface area contributed by atoms with Crippen LogP contribution in [0.1, 0.15) is 36.8 Å². The molecule has 0 bridgehead atoms. The fraction of sp³-hybridized carbons (Fsp3) is 0.263. The predicted octanol–water partition coefficient (Wildman–Crippen LogP) is 5.36. The smallest absolute Gasteiger partial charge is 0.220 e. The van der Waals surface area contributed by atoms with Gasteiger partial charge >= 0.3 is 0 Å². The summed E-state index contributed by atoms with van der Waals surface area (Å²) in [5.74, 6) is 1.56. The van der Waals surface area contributed by atoms with E-state index in [9.17, 15) is 4.79 Å². The van der Waals surface area contributed by atoms with Gasteiger partial charge in [-0.2, -0.15) is 0 Å². The summed E-state index contributed by atoms with van der Waals surface area (Å²) in [7, 11) is 0. The fourth-order valence-corrected chi connectivity index (χ4v) is 2.71. The number of aryl methyl sites for hydroxylation is 1. The van der Waals surface area contributed by atoms with Crippen LogP contribution in [0.3, 0.4) is 0 Å². The van der Waals surface area contributed by atoms with Gasteiger partial charge in [0.25, 0.3) is 0 Å². The van der Waals surface area contributed by atoms with E-state index in [1.54, 1.807) is 6.07 Å². The van der Waals surface area contributed by atoms with Gasteiger partial charge in [0.05, 0.1) is 0 Å². The van der Waals surface area contributed by atoms with Crippen molar-refractivity contribution < 1.29 is 9.53 Å². The molecule has 1 aromatic carbocycles. The summed E-state index contributed by atoms with van der Waals surface area (Å²) in [4.78, 5) is 15.5. The van der Waals surface area contributed by atoms with Crippen molar-refractivity contribution in [2.45, 2.75) is 32.6 Å². The van der Waals surface area contributed by atoms with Crippen LogP contribution in [0.25, 0.3) is 6.08 Å². The highest BCUT2D eigenvalue weighted by atomic mass is 35.5. The molecule has 0 aliphatic heterocycles. The zero-order chi connectivity index (χ0) is 16.2. The second-order valence-electron chi connectivity index (χ2n) is 5.77. The summed E-state index contributed by atoms with van der Waals surface area (Å²) in [5.41, 5.74) is 3.31. The van der Waals surface area contributed by atoms with E-state index in [1.807, 2.05) is 37.3 Å². The van der Waals surface area contributed by atoms with Crippen LogP contribution in [-0.2, 0) is 4.79 Å². The summed E-state index contributed by atoms with van der Waals surface area (Å²) >= 11 is 6.02. The number of rotatable bonds is 3. The molecule has 0 unspecified atom stereocenters. The Labute approximate surface area is 141 Å². The molecule has 2 aromatic rings. The molecule has 0 saturated heterocycles. The minimum atomic E-state index is 0.363. The lowest BCUT2D eigenvalue weighted by Crippen LogP contribution is -2.05. The van der Waals surface area contributed by atoms with Gasteiger partial charge in [-0.3, -0.25) is 4.79 Å². The number of hydrogen-bond acceptors (Lipinski definition) is 3. The van der Waals surface area contributed by atoms with Crippen LogP contribution in [0.2, 0.25) is 5.15 Å². The summed E-state index contributed by atoms with van der Waals surface area (Å²) in [6.07, 6.45) is 5.19. The van der Waals surface area contributed by atoms with Gasteiger partial charge in [-0.25, -0.2) is 4.98 Å². The van der Waals surface area contributed by atoms with Crippen LogP contribution in [0, 0.1) is 6.92 Å². The molecule has 0 atom stereocenters. The van der Waals surface area contributed by atoms with E-state index in [0.29, 0.717) is 29.7 Å². The Morgan fingerprint density at radius 3 is 2.65 bits per heavy atom. The molecule has 118 valence electrons. The van der Waals surface area contributed by atoms with Crippen molar-refractivity contribution in [1.29, 1.82) is 0 Å². The standard InChI is InChI=1S/C19H18ClNO2/c1-13-5-10-18(21-19(13)20)23-17-4-2-3-15(12-17)11-14-6-8-16(22)9-7-14/h2-5,10-12H,6-9H2,1H3. The van der Waals surface area contributed by atoms with Crippen LogP contribution in [0.4, 0.5) is 0 Å². The predicted molar refractivity (Wildman–Crippen MR) is 92.0 cm³/mol. The SMILES string of the molecule is Cc1ccc(Oc2cccc(C=C3CCC(=O)CC3)c2)nc1Cl. The number of Topliss-reactive ketones (excluding diaryl/α,β-unsaturated/α-hetero) is 1. The highest BCUT2D eigenvalue weighted by Crippen LogP contribution is 2.26. The number of carbonyl (C=O) groups excluding carboxylic acids is 1. The van der Waals surface area contributed by atoms with Crippen molar-refractivity contribution in [2.75, 3.05) is 0 Å². The van der Waals surface area contributed by atoms with Crippen molar-refractivity contribution in [3.63, 3.8) is 0 Å². The first-order valence-corrected chi connectivity index (χ1v) is 8.10. The maximum Gasteiger partial charge on any atom is 0.220 e. The molecular weight excluding hydrogens is 310 g/mol. The molecule has 4 heteroatoms. The average molecular weight is 328 g/mol. The molecule has 1 saturated carbocycles. The van der Waals surface area contributed by atoms with Crippen molar-refractivity contribution in [3.05, 3.63) is 58.3 Å². The summed E-state index contributed by atoms with van der Waals surface area (Å²) in [6.45, 7) is 1.90. The monoisotopic (exact) mass is 327 g/mol. The molecule has 3 rings (SSSR count). The molecule has 1 aliphatic carbocycles. The maximum absolute atomic E-state index is 11.3. The Hall–Kier alpha value is -2.13. The lowest BCUT2D eigenvalue weighted by atomic mass is 9.92. The van der Waals surface area contributed by atoms with Gasteiger partial charge in [0.2, 0.25) is 5.88 Å². The average Bonchev–Trinajstić information content (AvgIpc) is 2.54. The zero-order valence-corrected chi connectivity index (χ0v) is 13.8. The number of aromatic nitrogens is 1. The number of ketones is 1. The van der Waals surface area contributed by atoms with E-state index in [2.05, 4.69) is 11.1 Å². The van der Waals surface area contributed by atoms with Crippen LogP contribution >= 0.6 is 11.6 Å². The van der Waals surface area contributed by atoms with Crippen LogP contribution in [0.15, 0.2) is 42.0 Å². The molecule has 23 heavy (non-hydrogen) atoms. The Bertz CT molecular complexity index is 756. The topological polar surface area (TPSA) is 39.2 Å². The molecule has 3 nitrogen and oxygen atoms in total. The van der Waals surface area contributed by atoms with E-state index in [1.165, 1.54) is 5.57 Å². The number of nitrogens with zero attached hydrogens (tertiary/aromatic N) is 1. The Morgan fingerprint density at radius 2 is 1.91 bits per heavy atom. The largest absolute Gasteiger partial charge is 0.439 e. The van der Waals surface area contributed by atoms with Gasteiger partial charge in [0.1, 0.15) is 16.7 Å². The maximum atomic E-state index is 11.3. The number of pyridine rings is 1. The molecule has 1 aromatic heterocycles. The number of benzene rings is 1. The van der Waals surface area contributed by atoms with Gasteiger partial charge < -0.3 is 4.74 Å². The minimum Gasteiger partial charge on any atom is -0.439 e. The first kappa shape index (κ1) is 15.8. The third kappa shape index (κ3) is 4.20. The van der Waals surface area contributed by atoms with E-state index >= 15 is 0 Å². The molecule has 0 N–H and O–H groups in total. The minimum absolute atomic E-state index is 0.363. The molecule has 0 amide bonds. The van der Waals surface area contributed by atoms with Crippen molar-refractivity contribution >= 4 is 23.5 Å². The van der Waals surface area contributed by atoms with Gasteiger partial charge in [0, 0.05) is 18.9 Å². The molecule has 1 fully saturated rings. The van der Waals surface area contributed by atoms with Gasteiger partial charge in [0.15, 0.2) is 0 Å². The Kier molecular flexibility index (Phi) is 4.77. The highest BCUT2D eigenvalue weighted by Gasteiger charge is 2.12. The molecule has 1 aliphatic rings. The molecule has 1 heterocycles. The zero-order valence-electron chi connectivity index (χ0n) is 13.0. The van der Waals surface area contributed by atoms with Crippen LogP contribution < -0.4 is 4.74 Å². The van der Waals surface area contributed by atoms with Crippen LogP contribution in [0.5, 0.6) is 11.6 Å². The number of halogens is 1. The third-order valence-corrected chi connectivity index (χ3v) is 4.29. The number of allylic oxidation sites excluding steroid dienone is 1. The number of carbonyl (C=O) groups is 1. The quantitative estimate of drug-likeness (QED) is 0.712. The first-order chi connectivity index (χ1) is 11.1. The molecule has 0 spiro atoms. The lowest BCUT2D eigenvalue weighted by molar-refractivity contribution is -0.119. The van der Waals surface area contributed by atoms with Gasteiger partial charge in [-0.15, -0.1) is 0 Å². The van der Waals surface area contributed by atoms with Crippen LogP contribution in [-0.4, -0.2) is 10.8 Å². The number of ether oxygens (including phenoxy) is 1. The van der Waals surface area contributed by atoms with Crippen molar-refractivity contribution in [2.24, 2.45) is 0 Å². The van der Waals surface area contributed by atoms with E-state index in [4.69, 9.17) is 16.3 Å². The lowest BCUT2D eigenvalue weighted by Gasteiger charge is -2.13. The van der Waals surface area contributed by atoms with Gasteiger partial charge in [-0.1, -0.05) is 41.4 Å². The third-order valence-electron chi connectivity index (χ3n) is 3.91. The van der Waals surface area contributed by atoms with Crippen molar-refractivity contribution in [1.82, 2.24) is 4.98 Å². The highest BCUT2D eigenvalue weighted by molar-refractivity contribution is 6.30. The summed E-state index contributed by atoms with van der Waals surface area (Å²) in [6, 6.07) is 11.5.